The molecule has 7 heteroatoms. The first-order chi connectivity index (χ1) is 10.5. The molecule has 6 nitrogen and oxygen atoms in total. The molecule has 0 unspecified atom stereocenters. The second-order valence-corrected chi connectivity index (χ2v) is 4.99. The molecule has 0 saturated carbocycles. The van der Waals surface area contributed by atoms with Crippen LogP contribution in [-0.2, 0) is 18.9 Å². The number of thiophene rings is 1. The van der Waals surface area contributed by atoms with Gasteiger partial charge in [0.1, 0.15) is 13.2 Å². The summed E-state index contributed by atoms with van der Waals surface area (Å²) in [5.41, 5.74) is 0. The third kappa shape index (κ3) is 7.10. The first-order valence-corrected chi connectivity index (χ1v) is 8.04. The molecule has 0 saturated heterocycles. The van der Waals surface area contributed by atoms with Crippen LogP contribution in [0.25, 0.3) is 0 Å². The molecular formula is C14H22O6S. The standard InChI is InChI=1S/C14H22O6S/c1-2-16-4-6-18-8-10-20-14-12-21-11-13(14)19-9-7-17-5-3-15-1/h11-12H,1-10H2. The van der Waals surface area contributed by atoms with Crippen molar-refractivity contribution in [1.29, 1.82) is 0 Å². The van der Waals surface area contributed by atoms with Crippen molar-refractivity contribution < 1.29 is 28.4 Å². The molecule has 1 aliphatic heterocycles. The normalized spacial score (nSPS) is 20.4. The summed E-state index contributed by atoms with van der Waals surface area (Å²) in [5.74, 6) is 1.51. The van der Waals surface area contributed by atoms with Gasteiger partial charge in [0.15, 0.2) is 11.5 Å². The maximum Gasteiger partial charge on any atom is 0.171 e. The van der Waals surface area contributed by atoms with Crippen LogP contribution in [-0.4, -0.2) is 66.1 Å². The van der Waals surface area contributed by atoms with E-state index in [1.54, 1.807) is 11.3 Å². The molecule has 0 aromatic carbocycles. The van der Waals surface area contributed by atoms with E-state index in [0.717, 1.165) is 11.5 Å². The highest BCUT2D eigenvalue weighted by molar-refractivity contribution is 7.08. The third-order valence-electron chi connectivity index (χ3n) is 2.68. The zero-order valence-electron chi connectivity index (χ0n) is 12.1. The fraction of sp³-hybridized carbons (Fsp3) is 0.714. The highest BCUT2D eigenvalue weighted by atomic mass is 32.1. The van der Waals surface area contributed by atoms with Crippen LogP contribution in [0.1, 0.15) is 0 Å². The molecule has 0 spiro atoms. The summed E-state index contributed by atoms with van der Waals surface area (Å²) < 4.78 is 32.9. The van der Waals surface area contributed by atoms with Crippen LogP contribution in [0.4, 0.5) is 0 Å². The molecule has 1 aromatic rings. The van der Waals surface area contributed by atoms with Gasteiger partial charge in [-0.15, -0.1) is 11.3 Å². The number of hydrogen-bond donors (Lipinski definition) is 0. The highest BCUT2D eigenvalue weighted by Gasteiger charge is 2.06. The maximum absolute atomic E-state index is 5.63. The lowest BCUT2D eigenvalue weighted by Gasteiger charge is -2.11. The maximum atomic E-state index is 5.63. The van der Waals surface area contributed by atoms with Gasteiger partial charge in [0.25, 0.3) is 0 Å². The molecular weight excluding hydrogens is 296 g/mol. The van der Waals surface area contributed by atoms with Gasteiger partial charge in [0, 0.05) is 10.8 Å². The van der Waals surface area contributed by atoms with Gasteiger partial charge in [0.05, 0.1) is 52.9 Å². The fourth-order valence-electron chi connectivity index (χ4n) is 1.67. The van der Waals surface area contributed by atoms with E-state index in [2.05, 4.69) is 0 Å². The van der Waals surface area contributed by atoms with Crippen LogP contribution in [0.2, 0.25) is 0 Å². The molecule has 0 bridgehead atoms. The second kappa shape index (κ2) is 10.8. The minimum Gasteiger partial charge on any atom is -0.486 e. The molecule has 0 N–H and O–H groups in total. The zero-order valence-corrected chi connectivity index (χ0v) is 12.9. The summed E-state index contributed by atoms with van der Waals surface area (Å²) in [6.07, 6.45) is 0. The van der Waals surface area contributed by atoms with Crippen molar-refractivity contribution in [3.05, 3.63) is 10.8 Å². The van der Waals surface area contributed by atoms with E-state index < -0.39 is 0 Å². The largest absolute Gasteiger partial charge is 0.486 e. The lowest BCUT2D eigenvalue weighted by molar-refractivity contribution is -0.00836. The summed E-state index contributed by atoms with van der Waals surface area (Å²) in [5, 5.41) is 3.84. The Hall–Kier alpha value is -0.860. The molecule has 2 rings (SSSR count). The molecule has 0 radical (unpaired) electrons. The SMILES string of the molecule is c1scc2c1OCCOCCOCCOCCOCCO2. The Labute approximate surface area is 128 Å². The second-order valence-electron chi connectivity index (χ2n) is 4.25. The molecule has 120 valence electrons. The molecule has 1 aliphatic rings. The Balaban J connectivity index is 1.73. The highest BCUT2D eigenvalue weighted by Crippen LogP contribution is 2.31. The number of rotatable bonds is 0. The van der Waals surface area contributed by atoms with Crippen LogP contribution in [0.15, 0.2) is 10.8 Å². The summed E-state index contributed by atoms with van der Waals surface area (Å²) >= 11 is 1.55. The van der Waals surface area contributed by atoms with Gasteiger partial charge >= 0.3 is 0 Å². The van der Waals surface area contributed by atoms with E-state index in [1.807, 2.05) is 10.8 Å². The Bertz CT molecular complexity index is 338. The van der Waals surface area contributed by atoms with Crippen molar-refractivity contribution in [2.24, 2.45) is 0 Å². The zero-order chi connectivity index (χ0) is 14.6. The van der Waals surface area contributed by atoms with Crippen LogP contribution in [0.5, 0.6) is 11.5 Å². The predicted octanol–water partition coefficient (Wildman–Crippen LogP) is 1.59. The lowest BCUT2D eigenvalue weighted by atomic mass is 10.5. The number of hydrogen-bond acceptors (Lipinski definition) is 7. The van der Waals surface area contributed by atoms with E-state index >= 15 is 0 Å². The van der Waals surface area contributed by atoms with Crippen LogP contribution < -0.4 is 9.47 Å². The van der Waals surface area contributed by atoms with Gasteiger partial charge in [-0.25, -0.2) is 0 Å². The van der Waals surface area contributed by atoms with Crippen LogP contribution in [0, 0.1) is 0 Å². The minimum absolute atomic E-state index is 0.493. The lowest BCUT2D eigenvalue weighted by Crippen LogP contribution is -2.15. The molecule has 1 aromatic heterocycles. The Morgan fingerprint density at radius 2 is 0.857 bits per heavy atom. The summed E-state index contributed by atoms with van der Waals surface area (Å²) in [6, 6.07) is 0. The Morgan fingerprint density at radius 3 is 1.24 bits per heavy atom. The van der Waals surface area contributed by atoms with E-state index in [4.69, 9.17) is 28.4 Å². The number of ether oxygens (including phenoxy) is 6. The van der Waals surface area contributed by atoms with Crippen molar-refractivity contribution >= 4 is 11.3 Å². The molecule has 0 aliphatic carbocycles. The first kappa shape index (κ1) is 16.5. The van der Waals surface area contributed by atoms with Crippen molar-refractivity contribution in [3.63, 3.8) is 0 Å². The first-order valence-electron chi connectivity index (χ1n) is 7.09. The van der Waals surface area contributed by atoms with Crippen molar-refractivity contribution in [2.75, 3.05) is 66.1 Å². The topological polar surface area (TPSA) is 55.4 Å². The molecule has 0 atom stereocenters. The van der Waals surface area contributed by atoms with E-state index in [9.17, 15) is 0 Å². The molecule has 21 heavy (non-hydrogen) atoms. The average Bonchev–Trinajstić information content (AvgIpc) is 2.93. The van der Waals surface area contributed by atoms with Crippen molar-refractivity contribution in [2.45, 2.75) is 0 Å². The van der Waals surface area contributed by atoms with Gasteiger partial charge in [-0.1, -0.05) is 0 Å². The van der Waals surface area contributed by atoms with Gasteiger partial charge in [0.2, 0.25) is 0 Å². The quantitative estimate of drug-likeness (QED) is 0.724. The minimum atomic E-state index is 0.493. The van der Waals surface area contributed by atoms with Gasteiger partial charge < -0.3 is 28.4 Å². The van der Waals surface area contributed by atoms with E-state index in [-0.39, 0.29) is 0 Å². The van der Waals surface area contributed by atoms with E-state index in [0.29, 0.717) is 66.1 Å². The number of fused-ring (bicyclic) bond motifs is 1. The predicted molar refractivity (Wildman–Crippen MR) is 78.6 cm³/mol. The van der Waals surface area contributed by atoms with Crippen molar-refractivity contribution in [3.8, 4) is 11.5 Å². The summed E-state index contributed by atoms with van der Waals surface area (Å²) in [6.45, 7) is 5.41. The summed E-state index contributed by atoms with van der Waals surface area (Å²) in [7, 11) is 0. The third-order valence-corrected chi connectivity index (χ3v) is 3.38. The van der Waals surface area contributed by atoms with Gasteiger partial charge in [-0.2, -0.15) is 0 Å². The monoisotopic (exact) mass is 318 g/mol. The Kier molecular flexibility index (Phi) is 8.50. The molecule has 2 heterocycles. The molecule has 0 amide bonds. The van der Waals surface area contributed by atoms with E-state index in [1.165, 1.54) is 0 Å². The van der Waals surface area contributed by atoms with Crippen LogP contribution >= 0.6 is 11.3 Å². The average molecular weight is 318 g/mol. The fourth-order valence-corrected chi connectivity index (χ4v) is 2.35. The van der Waals surface area contributed by atoms with Crippen LogP contribution in [0.3, 0.4) is 0 Å². The summed E-state index contributed by atoms with van der Waals surface area (Å²) in [4.78, 5) is 0. The van der Waals surface area contributed by atoms with Gasteiger partial charge in [-0.3, -0.25) is 0 Å². The van der Waals surface area contributed by atoms with Crippen molar-refractivity contribution in [1.82, 2.24) is 0 Å². The Morgan fingerprint density at radius 1 is 0.524 bits per heavy atom. The van der Waals surface area contributed by atoms with Gasteiger partial charge in [-0.05, 0) is 0 Å². The smallest absolute Gasteiger partial charge is 0.171 e. The molecule has 0 fully saturated rings.